The van der Waals surface area contributed by atoms with Crippen LogP contribution in [0.2, 0.25) is 0 Å². The maximum Gasteiger partial charge on any atom is 0.0684 e. The second-order valence-corrected chi connectivity index (χ2v) is 3.86. The lowest BCUT2D eigenvalue weighted by Crippen LogP contribution is -2.28. The largest absolute Gasteiger partial charge is 0.378 e. The fraction of sp³-hybridized carbons (Fsp3) is 0.833. The van der Waals surface area contributed by atoms with Gasteiger partial charge >= 0.3 is 0 Å². The molecule has 2 heteroatoms. The lowest BCUT2D eigenvalue weighted by Gasteiger charge is -2.12. The average molecular weight is 195 g/mol. The molecule has 0 aliphatic carbocycles. The number of nitrogens with one attached hydrogen (secondary N) is 1. The van der Waals surface area contributed by atoms with E-state index in [1.807, 2.05) is 0 Å². The Bertz CT molecular complexity index is 179. The van der Waals surface area contributed by atoms with Crippen LogP contribution < -0.4 is 5.32 Å². The van der Waals surface area contributed by atoms with Crippen molar-refractivity contribution in [2.75, 3.05) is 13.2 Å². The molecule has 1 heterocycles. The van der Waals surface area contributed by atoms with Crippen molar-refractivity contribution in [2.45, 2.75) is 51.2 Å². The molecule has 2 nitrogen and oxygen atoms in total. The van der Waals surface area contributed by atoms with Gasteiger partial charge in [0.2, 0.25) is 0 Å². The highest BCUT2D eigenvalue weighted by Gasteiger charge is 2.14. The molecule has 1 aliphatic heterocycles. The predicted molar refractivity (Wildman–Crippen MR) is 59.1 cm³/mol. The number of rotatable bonds is 6. The first-order valence-electron chi connectivity index (χ1n) is 5.68. The Morgan fingerprint density at radius 2 is 2.50 bits per heavy atom. The molecular weight excluding hydrogens is 174 g/mol. The summed E-state index contributed by atoms with van der Waals surface area (Å²) in [6, 6.07) is 0.250. The zero-order valence-electron chi connectivity index (χ0n) is 9.09. The van der Waals surface area contributed by atoms with Crippen LogP contribution in [0, 0.1) is 12.3 Å². The summed E-state index contributed by atoms with van der Waals surface area (Å²) >= 11 is 0. The molecule has 1 saturated heterocycles. The molecule has 0 aromatic carbocycles. The van der Waals surface area contributed by atoms with Gasteiger partial charge in [-0.05, 0) is 38.6 Å². The maximum atomic E-state index is 5.54. The fourth-order valence-electron chi connectivity index (χ4n) is 1.80. The first-order chi connectivity index (χ1) is 6.86. The minimum absolute atomic E-state index is 0.250. The van der Waals surface area contributed by atoms with Gasteiger partial charge in [0.15, 0.2) is 0 Å². The van der Waals surface area contributed by atoms with Crippen LogP contribution in [0.3, 0.4) is 0 Å². The SMILES string of the molecule is C#CC(CC)NCCCC1CCCO1. The van der Waals surface area contributed by atoms with Crippen LogP contribution in [-0.2, 0) is 4.74 Å². The monoisotopic (exact) mass is 195 g/mol. The molecule has 0 aromatic rings. The van der Waals surface area contributed by atoms with Crippen LogP contribution in [0.5, 0.6) is 0 Å². The summed E-state index contributed by atoms with van der Waals surface area (Å²) < 4.78 is 5.54. The van der Waals surface area contributed by atoms with Crippen LogP contribution in [0.1, 0.15) is 39.0 Å². The van der Waals surface area contributed by atoms with E-state index in [2.05, 4.69) is 18.2 Å². The molecule has 0 saturated carbocycles. The summed E-state index contributed by atoms with van der Waals surface area (Å²) in [7, 11) is 0. The van der Waals surface area contributed by atoms with E-state index in [0.717, 1.165) is 19.6 Å². The minimum Gasteiger partial charge on any atom is -0.378 e. The van der Waals surface area contributed by atoms with Crippen molar-refractivity contribution >= 4 is 0 Å². The molecule has 14 heavy (non-hydrogen) atoms. The molecule has 0 amide bonds. The van der Waals surface area contributed by atoms with Gasteiger partial charge in [-0.2, -0.15) is 0 Å². The number of hydrogen-bond donors (Lipinski definition) is 1. The molecule has 1 aliphatic rings. The van der Waals surface area contributed by atoms with E-state index in [-0.39, 0.29) is 6.04 Å². The van der Waals surface area contributed by atoms with E-state index >= 15 is 0 Å². The Morgan fingerprint density at radius 1 is 1.64 bits per heavy atom. The molecule has 0 aromatic heterocycles. The molecular formula is C12H21NO. The summed E-state index contributed by atoms with van der Waals surface area (Å²) in [5, 5.41) is 3.35. The smallest absolute Gasteiger partial charge is 0.0684 e. The van der Waals surface area contributed by atoms with Crippen LogP contribution in [0.15, 0.2) is 0 Å². The van der Waals surface area contributed by atoms with E-state index < -0.39 is 0 Å². The van der Waals surface area contributed by atoms with E-state index in [0.29, 0.717) is 6.10 Å². The predicted octanol–water partition coefficient (Wildman–Crippen LogP) is 1.95. The van der Waals surface area contributed by atoms with E-state index in [1.54, 1.807) is 0 Å². The van der Waals surface area contributed by atoms with Crippen molar-refractivity contribution in [2.24, 2.45) is 0 Å². The molecule has 0 spiro atoms. The normalized spacial score (nSPS) is 23.3. The van der Waals surface area contributed by atoms with Crippen LogP contribution in [0.25, 0.3) is 0 Å². The zero-order valence-corrected chi connectivity index (χ0v) is 9.09. The van der Waals surface area contributed by atoms with Gasteiger partial charge in [-0.15, -0.1) is 6.42 Å². The molecule has 1 N–H and O–H groups in total. The highest BCUT2D eigenvalue weighted by molar-refractivity contribution is 4.97. The Kier molecular flexibility index (Phi) is 5.66. The van der Waals surface area contributed by atoms with Crippen molar-refractivity contribution in [3.05, 3.63) is 0 Å². The van der Waals surface area contributed by atoms with Gasteiger partial charge in [-0.1, -0.05) is 12.8 Å². The van der Waals surface area contributed by atoms with E-state index in [9.17, 15) is 0 Å². The van der Waals surface area contributed by atoms with Crippen molar-refractivity contribution in [1.82, 2.24) is 5.32 Å². The van der Waals surface area contributed by atoms with Crippen LogP contribution in [-0.4, -0.2) is 25.3 Å². The van der Waals surface area contributed by atoms with Gasteiger partial charge in [-0.3, -0.25) is 0 Å². The third-order valence-electron chi connectivity index (χ3n) is 2.73. The van der Waals surface area contributed by atoms with Gasteiger partial charge in [0.1, 0.15) is 0 Å². The molecule has 0 radical (unpaired) electrons. The minimum atomic E-state index is 0.250. The van der Waals surface area contributed by atoms with E-state index in [1.165, 1.54) is 25.7 Å². The lowest BCUT2D eigenvalue weighted by molar-refractivity contribution is 0.102. The molecule has 1 fully saturated rings. The summed E-state index contributed by atoms with van der Waals surface area (Å²) in [6.07, 6.45) is 11.7. The number of hydrogen-bond acceptors (Lipinski definition) is 2. The Morgan fingerprint density at radius 3 is 3.07 bits per heavy atom. The molecule has 0 bridgehead atoms. The van der Waals surface area contributed by atoms with Crippen molar-refractivity contribution in [3.8, 4) is 12.3 Å². The standard InChI is InChI=1S/C12H21NO/c1-3-11(4-2)13-9-5-7-12-8-6-10-14-12/h1,11-13H,4-10H2,2H3. The topological polar surface area (TPSA) is 21.3 Å². The van der Waals surface area contributed by atoms with Gasteiger partial charge in [0, 0.05) is 6.61 Å². The first kappa shape index (κ1) is 11.6. The Balaban J connectivity index is 1.96. The lowest BCUT2D eigenvalue weighted by atomic mass is 10.1. The summed E-state index contributed by atoms with van der Waals surface area (Å²) in [5.74, 6) is 2.74. The Hall–Kier alpha value is -0.520. The molecule has 1 rings (SSSR count). The molecule has 2 atom stereocenters. The van der Waals surface area contributed by atoms with Crippen molar-refractivity contribution < 1.29 is 4.74 Å². The zero-order chi connectivity index (χ0) is 10.2. The second kappa shape index (κ2) is 6.86. The summed E-state index contributed by atoms with van der Waals surface area (Å²) in [4.78, 5) is 0. The van der Waals surface area contributed by atoms with Gasteiger partial charge in [0.25, 0.3) is 0 Å². The average Bonchev–Trinajstić information content (AvgIpc) is 2.71. The quantitative estimate of drug-likeness (QED) is 0.516. The third kappa shape index (κ3) is 4.13. The number of ether oxygens (including phenoxy) is 1. The van der Waals surface area contributed by atoms with Crippen LogP contribution >= 0.6 is 0 Å². The maximum absolute atomic E-state index is 5.54. The molecule has 2 unspecified atom stereocenters. The highest BCUT2D eigenvalue weighted by atomic mass is 16.5. The third-order valence-corrected chi connectivity index (χ3v) is 2.73. The second-order valence-electron chi connectivity index (χ2n) is 3.86. The number of terminal acetylenes is 1. The van der Waals surface area contributed by atoms with E-state index in [4.69, 9.17) is 11.2 Å². The van der Waals surface area contributed by atoms with Gasteiger partial charge in [0.05, 0.1) is 12.1 Å². The fourth-order valence-corrected chi connectivity index (χ4v) is 1.80. The molecule has 80 valence electrons. The highest BCUT2D eigenvalue weighted by Crippen LogP contribution is 2.16. The first-order valence-corrected chi connectivity index (χ1v) is 5.68. The van der Waals surface area contributed by atoms with Crippen LogP contribution in [0.4, 0.5) is 0 Å². The summed E-state index contributed by atoms with van der Waals surface area (Å²) in [6.45, 7) is 4.08. The van der Waals surface area contributed by atoms with Crippen molar-refractivity contribution in [3.63, 3.8) is 0 Å². The van der Waals surface area contributed by atoms with Gasteiger partial charge in [-0.25, -0.2) is 0 Å². The van der Waals surface area contributed by atoms with Crippen molar-refractivity contribution in [1.29, 1.82) is 0 Å². The summed E-state index contributed by atoms with van der Waals surface area (Å²) in [5.41, 5.74) is 0. The Labute approximate surface area is 87.4 Å². The van der Waals surface area contributed by atoms with Gasteiger partial charge < -0.3 is 10.1 Å².